The molecule has 1 amide bonds. The Bertz CT molecular complexity index is 1170. The molecule has 2 heterocycles. The Morgan fingerprint density at radius 1 is 1.19 bits per heavy atom. The number of aromatic amines is 1. The van der Waals surface area contributed by atoms with Gasteiger partial charge in [-0.05, 0) is 61.9 Å². The van der Waals surface area contributed by atoms with Crippen LogP contribution < -0.4 is 5.32 Å². The molecule has 2 unspecified atom stereocenters. The number of H-pyrrole nitrogens is 1. The third-order valence-corrected chi connectivity index (χ3v) is 7.48. The van der Waals surface area contributed by atoms with Crippen molar-refractivity contribution in [1.82, 2.24) is 15.2 Å². The van der Waals surface area contributed by atoms with Gasteiger partial charge in [-0.3, -0.25) is 4.79 Å². The van der Waals surface area contributed by atoms with E-state index in [-0.39, 0.29) is 12.3 Å². The van der Waals surface area contributed by atoms with Crippen LogP contribution in [0.5, 0.6) is 0 Å². The minimum Gasteiger partial charge on any atom is -0.361 e. The average molecular weight is 500 g/mol. The number of aromatic nitrogens is 1. The Morgan fingerprint density at radius 2 is 2.00 bits per heavy atom. The predicted molar refractivity (Wildman–Crippen MR) is 138 cm³/mol. The van der Waals surface area contributed by atoms with Gasteiger partial charge in [-0.1, -0.05) is 49.7 Å². The number of alkyl halides is 3. The molecule has 4 nitrogen and oxygen atoms in total. The van der Waals surface area contributed by atoms with Crippen molar-refractivity contribution < 1.29 is 18.0 Å². The Balaban J connectivity index is 1.53. The van der Waals surface area contributed by atoms with E-state index in [0.29, 0.717) is 18.2 Å². The zero-order valence-corrected chi connectivity index (χ0v) is 21.1. The van der Waals surface area contributed by atoms with Crippen molar-refractivity contribution in [2.75, 3.05) is 19.6 Å². The fourth-order valence-electron chi connectivity index (χ4n) is 5.42. The summed E-state index contributed by atoms with van der Waals surface area (Å²) in [4.78, 5) is 18.8. The quantitative estimate of drug-likeness (QED) is 0.324. The minimum absolute atomic E-state index is 0.0880. The molecule has 0 radical (unpaired) electrons. The molecule has 0 saturated carbocycles. The van der Waals surface area contributed by atoms with Crippen LogP contribution in [-0.2, 0) is 17.4 Å². The second-order valence-corrected chi connectivity index (χ2v) is 9.90. The number of nitrogens with zero attached hydrogens (tertiary/aromatic N) is 1. The normalized spacial score (nSPS) is 17.9. The molecule has 2 N–H and O–H groups in total. The maximum absolute atomic E-state index is 13.5. The van der Waals surface area contributed by atoms with Gasteiger partial charge in [0.1, 0.15) is 0 Å². The molecule has 0 bridgehead atoms. The highest BCUT2D eigenvalue weighted by Crippen LogP contribution is 2.37. The summed E-state index contributed by atoms with van der Waals surface area (Å²) in [6.45, 7) is 6.93. The number of carbonyl (C=O) groups excluding carboxylic acids is 1. The summed E-state index contributed by atoms with van der Waals surface area (Å²) in [5, 5.41) is 3.96. The summed E-state index contributed by atoms with van der Waals surface area (Å²) < 4.78 is 40.5. The van der Waals surface area contributed by atoms with E-state index in [4.69, 9.17) is 0 Å². The van der Waals surface area contributed by atoms with Crippen molar-refractivity contribution in [1.29, 1.82) is 0 Å². The number of nitrogens with one attached hydrogen (secondary N) is 2. The Morgan fingerprint density at radius 3 is 2.75 bits per heavy atom. The first-order chi connectivity index (χ1) is 17.3. The van der Waals surface area contributed by atoms with Gasteiger partial charge in [0.2, 0.25) is 5.91 Å². The van der Waals surface area contributed by atoms with Crippen molar-refractivity contribution in [3.05, 3.63) is 70.9 Å². The smallest absolute Gasteiger partial charge is 0.361 e. The molecule has 4 rings (SSSR count). The van der Waals surface area contributed by atoms with Gasteiger partial charge in [0.25, 0.3) is 0 Å². The number of fused-ring (bicyclic) bond motifs is 1. The second-order valence-electron chi connectivity index (χ2n) is 9.90. The highest BCUT2D eigenvalue weighted by molar-refractivity contribution is 5.88. The van der Waals surface area contributed by atoms with Crippen molar-refractivity contribution in [2.24, 2.45) is 0 Å². The zero-order valence-electron chi connectivity index (χ0n) is 21.1. The van der Waals surface area contributed by atoms with E-state index in [0.717, 1.165) is 54.0 Å². The standard InChI is InChI=1S/C29H36F3N3O/c1-3-21-10-7-13-24-26(19-34-28(21)24)25(22-11-6-12-23(17-22)29(30,31)32)18-27(36)33-14-8-16-35-15-5-4-9-20(35)2/h6-7,10-13,17,19-20,25,34H,3-5,8-9,14-16,18H2,1-2H3,(H,33,36). The molecule has 1 aliphatic heterocycles. The van der Waals surface area contributed by atoms with Crippen molar-refractivity contribution >= 4 is 16.8 Å². The fourth-order valence-corrected chi connectivity index (χ4v) is 5.42. The number of piperidine rings is 1. The molecule has 1 fully saturated rings. The van der Waals surface area contributed by atoms with Crippen LogP contribution in [0.25, 0.3) is 10.9 Å². The number of halogens is 3. The van der Waals surface area contributed by atoms with Crippen molar-refractivity contribution in [3.8, 4) is 0 Å². The van der Waals surface area contributed by atoms with Crippen LogP contribution in [0.3, 0.4) is 0 Å². The fraction of sp³-hybridized carbons (Fsp3) is 0.483. The highest BCUT2D eigenvalue weighted by atomic mass is 19.4. The van der Waals surface area contributed by atoms with Gasteiger partial charge in [0.15, 0.2) is 0 Å². The van der Waals surface area contributed by atoms with Crippen LogP contribution in [-0.4, -0.2) is 41.5 Å². The monoisotopic (exact) mass is 499 g/mol. The molecule has 7 heteroatoms. The number of hydrogen-bond donors (Lipinski definition) is 2. The average Bonchev–Trinajstić information content (AvgIpc) is 3.30. The largest absolute Gasteiger partial charge is 0.416 e. The van der Waals surface area contributed by atoms with E-state index >= 15 is 0 Å². The second kappa shape index (κ2) is 11.5. The van der Waals surface area contributed by atoms with E-state index in [1.54, 1.807) is 6.07 Å². The Labute approximate surface area is 211 Å². The molecular formula is C29H36F3N3O. The highest BCUT2D eigenvalue weighted by Gasteiger charge is 2.32. The van der Waals surface area contributed by atoms with E-state index in [1.807, 2.05) is 24.4 Å². The van der Waals surface area contributed by atoms with Crippen LogP contribution in [0, 0.1) is 0 Å². The molecule has 36 heavy (non-hydrogen) atoms. The zero-order chi connectivity index (χ0) is 25.7. The van der Waals surface area contributed by atoms with Crippen LogP contribution in [0.4, 0.5) is 13.2 Å². The SMILES string of the molecule is CCc1cccc2c(C(CC(=O)NCCCN3CCCCC3C)c3cccc(C(F)(F)F)c3)c[nH]c12. The number of hydrogen-bond acceptors (Lipinski definition) is 2. The number of aryl methyl sites for hydroxylation is 1. The van der Waals surface area contributed by atoms with E-state index in [1.165, 1.54) is 31.4 Å². The van der Waals surface area contributed by atoms with Crippen LogP contribution in [0.15, 0.2) is 48.7 Å². The number of rotatable bonds is 9. The topological polar surface area (TPSA) is 48.1 Å². The molecular weight excluding hydrogens is 463 g/mol. The molecule has 1 saturated heterocycles. The van der Waals surface area contributed by atoms with E-state index in [2.05, 4.69) is 29.0 Å². The number of carbonyl (C=O) groups is 1. The maximum Gasteiger partial charge on any atom is 0.416 e. The minimum atomic E-state index is -4.44. The lowest BCUT2D eigenvalue weighted by Crippen LogP contribution is -2.39. The number of amides is 1. The van der Waals surface area contributed by atoms with Gasteiger partial charge >= 0.3 is 6.18 Å². The lowest BCUT2D eigenvalue weighted by atomic mass is 9.86. The Hall–Kier alpha value is -2.80. The lowest BCUT2D eigenvalue weighted by molar-refractivity contribution is -0.137. The molecule has 2 atom stereocenters. The lowest BCUT2D eigenvalue weighted by Gasteiger charge is -2.33. The molecule has 3 aromatic rings. The van der Waals surface area contributed by atoms with Crippen LogP contribution in [0.1, 0.15) is 74.1 Å². The molecule has 1 aliphatic rings. The van der Waals surface area contributed by atoms with Crippen LogP contribution in [0.2, 0.25) is 0 Å². The summed E-state index contributed by atoms with van der Waals surface area (Å²) in [6, 6.07) is 11.9. The van der Waals surface area contributed by atoms with Gasteiger partial charge in [-0.25, -0.2) is 0 Å². The summed E-state index contributed by atoms with van der Waals surface area (Å²) in [6.07, 6.45) is 2.90. The number of likely N-dealkylation sites (tertiary alicyclic amines) is 1. The van der Waals surface area contributed by atoms with Crippen molar-refractivity contribution in [2.45, 2.75) is 70.5 Å². The first-order valence-electron chi connectivity index (χ1n) is 13.0. The van der Waals surface area contributed by atoms with Crippen LogP contribution >= 0.6 is 0 Å². The molecule has 0 spiro atoms. The van der Waals surface area contributed by atoms with Gasteiger partial charge in [0.05, 0.1) is 5.56 Å². The van der Waals surface area contributed by atoms with E-state index in [9.17, 15) is 18.0 Å². The van der Waals surface area contributed by atoms with Gasteiger partial charge in [-0.2, -0.15) is 13.2 Å². The third-order valence-electron chi connectivity index (χ3n) is 7.48. The maximum atomic E-state index is 13.5. The van der Waals surface area contributed by atoms with E-state index < -0.39 is 17.7 Å². The first-order valence-corrected chi connectivity index (χ1v) is 13.0. The van der Waals surface area contributed by atoms with Crippen molar-refractivity contribution in [3.63, 3.8) is 0 Å². The summed E-state index contributed by atoms with van der Waals surface area (Å²) in [5.41, 5.74) is 2.75. The van der Waals surface area contributed by atoms with Gasteiger partial charge in [-0.15, -0.1) is 0 Å². The number of benzene rings is 2. The predicted octanol–water partition coefficient (Wildman–Crippen LogP) is 6.65. The molecule has 194 valence electrons. The Kier molecular flexibility index (Phi) is 8.39. The molecule has 1 aromatic heterocycles. The van der Waals surface area contributed by atoms with Gasteiger partial charge < -0.3 is 15.2 Å². The van der Waals surface area contributed by atoms with Gasteiger partial charge in [0, 0.05) is 48.6 Å². The molecule has 0 aliphatic carbocycles. The summed E-state index contributed by atoms with van der Waals surface area (Å²) >= 11 is 0. The summed E-state index contributed by atoms with van der Waals surface area (Å²) in [7, 11) is 0. The third kappa shape index (κ3) is 6.12. The summed E-state index contributed by atoms with van der Waals surface area (Å²) in [5.74, 6) is -0.639. The number of para-hydroxylation sites is 1. The molecule has 2 aromatic carbocycles. The first kappa shape index (κ1) is 26.3.